The Bertz CT molecular complexity index is 625. The van der Waals surface area contributed by atoms with Crippen LogP contribution in [0.5, 0.6) is 0 Å². The summed E-state index contributed by atoms with van der Waals surface area (Å²) in [6.07, 6.45) is -4.77. The maximum absolute atomic E-state index is 13.5. The lowest BCUT2D eigenvalue weighted by Crippen LogP contribution is -2.58. The maximum atomic E-state index is 13.5. The van der Waals surface area contributed by atoms with Crippen LogP contribution in [0, 0.1) is 12.7 Å². The Morgan fingerprint density at radius 2 is 1.88 bits per heavy atom. The molecule has 1 saturated heterocycles. The summed E-state index contributed by atoms with van der Waals surface area (Å²) in [6, 6.07) is 0.957. The van der Waals surface area contributed by atoms with Crippen LogP contribution in [0.4, 0.5) is 17.6 Å². The monoisotopic (exact) mass is 346 g/mol. The van der Waals surface area contributed by atoms with Gasteiger partial charge in [-0.25, -0.2) is 4.39 Å². The molecule has 132 valence electrons. The number of likely N-dealkylation sites (tertiary alicyclic amines) is 1. The van der Waals surface area contributed by atoms with Gasteiger partial charge in [0, 0.05) is 25.1 Å². The van der Waals surface area contributed by atoms with E-state index in [-0.39, 0.29) is 30.9 Å². The zero-order valence-corrected chi connectivity index (χ0v) is 13.3. The molecule has 1 aromatic carbocycles. The standard InChI is InChI=1S/C16H18F4N2O2/c1-9-5-11(7-12(17)6-9)15(24)22-8-13(21-10(2)23)3-4-14(22)16(18,19)20/h5-7,13-14H,3-4,8H2,1-2H3,(H,21,23)/t13-,14-/m1/s1. The third-order valence-electron chi connectivity index (χ3n) is 3.92. The molecule has 0 saturated carbocycles. The summed E-state index contributed by atoms with van der Waals surface area (Å²) in [5, 5.41) is 2.54. The number of hydrogen-bond acceptors (Lipinski definition) is 2. The molecule has 1 aliphatic rings. The summed E-state index contributed by atoms with van der Waals surface area (Å²) in [6.45, 7) is 2.55. The highest BCUT2D eigenvalue weighted by atomic mass is 19.4. The van der Waals surface area contributed by atoms with Crippen molar-refractivity contribution in [3.63, 3.8) is 0 Å². The van der Waals surface area contributed by atoms with E-state index in [9.17, 15) is 27.2 Å². The van der Waals surface area contributed by atoms with Gasteiger partial charge < -0.3 is 10.2 Å². The Balaban J connectivity index is 2.31. The first kappa shape index (κ1) is 18.2. The summed E-state index contributed by atoms with van der Waals surface area (Å²) in [7, 11) is 0. The van der Waals surface area contributed by atoms with Gasteiger partial charge in [0.25, 0.3) is 5.91 Å². The number of aryl methyl sites for hydroxylation is 1. The molecular weight excluding hydrogens is 328 g/mol. The molecule has 0 spiro atoms. The Morgan fingerprint density at radius 3 is 2.42 bits per heavy atom. The predicted molar refractivity (Wildman–Crippen MR) is 78.9 cm³/mol. The van der Waals surface area contributed by atoms with Gasteiger partial charge in [0.2, 0.25) is 5.91 Å². The zero-order chi connectivity index (χ0) is 18.1. The Labute approximate surface area is 136 Å². The molecule has 1 aliphatic heterocycles. The molecule has 2 atom stereocenters. The Morgan fingerprint density at radius 1 is 1.21 bits per heavy atom. The average Bonchev–Trinajstić information content (AvgIpc) is 2.43. The molecule has 1 heterocycles. The SMILES string of the molecule is CC(=O)N[C@@H]1CC[C@H](C(F)(F)F)N(C(=O)c2cc(C)cc(F)c2)C1. The lowest BCUT2D eigenvalue weighted by atomic mass is 9.96. The predicted octanol–water partition coefficient (Wildman–Crippen LogP) is 2.81. The van der Waals surface area contributed by atoms with Gasteiger partial charge in [-0.05, 0) is 43.5 Å². The fraction of sp³-hybridized carbons (Fsp3) is 0.500. The molecule has 24 heavy (non-hydrogen) atoms. The van der Waals surface area contributed by atoms with Crippen LogP contribution in [0.25, 0.3) is 0 Å². The summed E-state index contributed by atoms with van der Waals surface area (Å²) in [5.74, 6) is -1.95. The molecule has 2 rings (SSSR count). The number of nitrogens with zero attached hydrogens (tertiary/aromatic N) is 1. The second kappa shape index (κ2) is 6.78. The highest BCUT2D eigenvalue weighted by Crippen LogP contribution is 2.33. The second-order valence-corrected chi connectivity index (χ2v) is 6.01. The van der Waals surface area contributed by atoms with E-state index in [1.54, 1.807) is 6.92 Å². The van der Waals surface area contributed by atoms with E-state index >= 15 is 0 Å². The van der Waals surface area contributed by atoms with Crippen molar-refractivity contribution in [1.82, 2.24) is 10.2 Å². The van der Waals surface area contributed by atoms with Crippen molar-refractivity contribution in [2.45, 2.75) is 44.9 Å². The fourth-order valence-electron chi connectivity index (χ4n) is 2.97. The van der Waals surface area contributed by atoms with Crippen molar-refractivity contribution in [3.05, 3.63) is 35.1 Å². The minimum Gasteiger partial charge on any atom is -0.352 e. The number of benzene rings is 1. The third-order valence-corrected chi connectivity index (χ3v) is 3.92. The number of halogens is 4. The number of carbonyl (C=O) groups excluding carboxylic acids is 2. The first-order valence-electron chi connectivity index (χ1n) is 7.50. The van der Waals surface area contributed by atoms with Crippen molar-refractivity contribution >= 4 is 11.8 Å². The first-order chi connectivity index (χ1) is 11.1. The van der Waals surface area contributed by atoms with E-state index < -0.39 is 30.0 Å². The Hall–Kier alpha value is -2.12. The number of hydrogen-bond donors (Lipinski definition) is 1. The average molecular weight is 346 g/mol. The maximum Gasteiger partial charge on any atom is 0.408 e. The molecule has 4 nitrogen and oxygen atoms in total. The van der Waals surface area contributed by atoms with Crippen LogP contribution in [-0.2, 0) is 4.79 Å². The second-order valence-electron chi connectivity index (χ2n) is 6.01. The number of rotatable bonds is 2. The molecular formula is C16H18F4N2O2. The first-order valence-corrected chi connectivity index (χ1v) is 7.50. The quantitative estimate of drug-likeness (QED) is 0.837. The van der Waals surface area contributed by atoms with Gasteiger partial charge in [0.1, 0.15) is 11.9 Å². The molecule has 1 fully saturated rings. The van der Waals surface area contributed by atoms with Gasteiger partial charge in [-0.3, -0.25) is 9.59 Å². The van der Waals surface area contributed by atoms with Crippen molar-refractivity contribution in [2.24, 2.45) is 0 Å². The van der Waals surface area contributed by atoms with E-state index in [4.69, 9.17) is 0 Å². The van der Waals surface area contributed by atoms with Gasteiger partial charge in [-0.15, -0.1) is 0 Å². The van der Waals surface area contributed by atoms with E-state index in [1.807, 2.05) is 0 Å². The lowest BCUT2D eigenvalue weighted by Gasteiger charge is -2.40. The van der Waals surface area contributed by atoms with Gasteiger partial charge >= 0.3 is 6.18 Å². The molecule has 0 bridgehead atoms. The highest BCUT2D eigenvalue weighted by Gasteiger charge is 2.48. The van der Waals surface area contributed by atoms with E-state index in [1.165, 1.54) is 19.1 Å². The van der Waals surface area contributed by atoms with Crippen LogP contribution in [-0.4, -0.2) is 41.5 Å². The van der Waals surface area contributed by atoms with Gasteiger partial charge in [0.05, 0.1) is 0 Å². The number of alkyl halides is 3. The lowest BCUT2D eigenvalue weighted by molar-refractivity contribution is -0.184. The molecule has 0 aromatic heterocycles. The molecule has 0 aliphatic carbocycles. The number of piperidine rings is 1. The Kier molecular flexibility index (Phi) is 5.15. The van der Waals surface area contributed by atoms with Gasteiger partial charge in [0.15, 0.2) is 0 Å². The summed E-state index contributed by atoms with van der Waals surface area (Å²) >= 11 is 0. The van der Waals surface area contributed by atoms with E-state index in [2.05, 4.69) is 5.32 Å². The molecule has 0 unspecified atom stereocenters. The van der Waals surface area contributed by atoms with Crippen LogP contribution < -0.4 is 5.32 Å². The molecule has 1 aromatic rings. The molecule has 8 heteroatoms. The smallest absolute Gasteiger partial charge is 0.352 e. The van der Waals surface area contributed by atoms with E-state index in [0.717, 1.165) is 6.07 Å². The minimum atomic E-state index is -4.58. The number of nitrogens with one attached hydrogen (secondary N) is 1. The fourth-order valence-corrected chi connectivity index (χ4v) is 2.97. The van der Waals surface area contributed by atoms with Crippen LogP contribution in [0.1, 0.15) is 35.7 Å². The third kappa shape index (κ3) is 4.24. The number of amides is 2. The van der Waals surface area contributed by atoms with Crippen molar-refractivity contribution in [2.75, 3.05) is 6.54 Å². The van der Waals surface area contributed by atoms with Crippen LogP contribution in [0.2, 0.25) is 0 Å². The molecule has 2 amide bonds. The van der Waals surface area contributed by atoms with Crippen LogP contribution >= 0.6 is 0 Å². The van der Waals surface area contributed by atoms with Crippen LogP contribution in [0.15, 0.2) is 18.2 Å². The molecule has 1 N–H and O–H groups in total. The van der Waals surface area contributed by atoms with E-state index in [0.29, 0.717) is 10.5 Å². The topological polar surface area (TPSA) is 49.4 Å². The van der Waals surface area contributed by atoms with Crippen LogP contribution in [0.3, 0.4) is 0 Å². The summed E-state index contributed by atoms with van der Waals surface area (Å²) < 4.78 is 53.3. The summed E-state index contributed by atoms with van der Waals surface area (Å²) in [4.78, 5) is 24.4. The molecule has 0 radical (unpaired) electrons. The summed E-state index contributed by atoms with van der Waals surface area (Å²) in [5.41, 5.74) is 0.308. The van der Waals surface area contributed by atoms with Gasteiger partial charge in [-0.2, -0.15) is 13.2 Å². The highest BCUT2D eigenvalue weighted by molar-refractivity contribution is 5.94. The normalized spacial score (nSPS) is 21.5. The van der Waals surface area contributed by atoms with Gasteiger partial charge in [-0.1, -0.05) is 0 Å². The minimum absolute atomic E-state index is 0.121. The largest absolute Gasteiger partial charge is 0.408 e. The van der Waals surface area contributed by atoms with Crippen molar-refractivity contribution in [3.8, 4) is 0 Å². The van der Waals surface area contributed by atoms with Crippen molar-refractivity contribution < 1.29 is 27.2 Å². The van der Waals surface area contributed by atoms with Crippen molar-refractivity contribution in [1.29, 1.82) is 0 Å². The number of carbonyl (C=O) groups is 2. The zero-order valence-electron chi connectivity index (χ0n) is 13.3.